The quantitative estimate of drug-likeness (QED) is 0.170. The molecule has 0 atom stereocenters. The lowest BCUT2D eigenvalue weighted by Crippen LogP contribution is -2.24. The number of para-hydroxylation sites is 3. The Balaban J connectivity index is 1.22. The molecule has 0 saturated heterocycles. The van der Waals surface area contributed by atoms with Crippen molar-refractivity contribution in [1.29, 1.82) is 0 Å². The van der Waals surface area contributed by atoms with E-state index in [-0.39, 0.29) is 0 Å². The van der Waals surface area contributed by atoms with Crippen molar-refractivity contribution in [2.24, 2.45) is 0 Å². The Labute approximate surface area is 292 Å². The van der Waals surface area contributed by atoms with Gasteiger partial charge in [0.05, 0.1) is 15.9 Å². The number of rotatable bonds is 5. The van der Waals surface area contributed by atoms with Crippen LogP contribution in [0.3, 0.4) is 0 Å². The fourth-order valence-electron chi connectivity index (χ4n) is 7.43. The van der Waals surface area contributed by atoms with Crippen LogP contribution in [0.1, 0.15) is 0 Å². The molecular formula is C45H28NO2PS. The molecule has 3 aromatic heterocycles. The van der Waals surface area contributed by atoms with Crippen LogP contribution in [-0.4, -0.2) is 4.98 Å². The van der Waals surface area contributed by atoms with E-state index in [1.54, 1.807) is 11.3 Å². The molecule has 0 radical (unpaired) electrons. The van der Waals surface area contributed by atoms with E-state index in [9.17, 15) is 0 Å². The van der Waals surface area contributed by atoms with Crippen molar-refractivity contribution in [2.45, 2.75) is 0 Å². The number of hydrogen-bond donors (Lipinski definition) is 0. The monoisotopic (exact) mass is 677 g/mol. The maximum Gasteiger partial charge on any atom is 0.171 e. The molecule has 10 rings (SSSR count). The first kappa shape index (κ1) is 29.1. The first-order chi connectivity index (χ1) is 24.7. The Kier molecular flexibility index (Phi) is 6.64. The van der Waals surface area contributed by atoms with Gasteiger partial charge < -0.3 is 8.98 Å². The van der Waals surface area contributed by atoms with Crippen molar-refractivity contribution < 1.29 is 8.98 Å². The Bertz CT molecular complexity index is 2900. The van der Waals surface area contributed by atoms with Gasteiger partial charge >= 0.3 is 0 Å². The molecule has 10 aromatic rings. The van der Waals surface area contributed by atoms with Crippen molar-refractivity contribution in [3.05, 3.63) is 170 Å². The Morgan fingerprint density at radius 2 is 1.08 bits per heavy atom. The Morgan fingerprint density at radius 1 is 0.500 bits per heavy atom. The second kappa shape index (κ2) is 11.4. The third-order valence-electron chi connectivity index (χ3n) is 9.78. The van der Waals surface area contributed by atoms with E-state index in [0.717, 1.165) is 75.8 Å². The highest BCUT2D eigenvalue weighted by Crippen LogP contribution is 2.47. The predicted molar refractivity (Wildman–Crippen MR) is 212 cm³/mol. The van der Waals surface area contributed by atoms with Crippen LogP contribution >= 0.6 is 18.5 Å². The lowest BCUT2D eigenvalue weighted by molar-refractivity contribution is 0.592. The van der Waals surface area contributed by atoms with Crippen molar-refractivity contribution in [2.75, 3.05) is 0 Å². The molecule has 236 valence electrons. The number of benzene rings is 7. The topological polar surface area (TPSA) is 43.1 Å². The van der Waals surface area contributed by atoms with Gasteiger partial charge in [-0.05, 0) is 12.1 Å². The molecule has 3 nitrogen and oxygen atoms in total. The summed E-state index contributed by atoms with van der Waals surface area (Å²) in [4.78, 5) is 5.51. The molecule has 0 unspecified atom stereocenters. The van der Waals surface area contributed by atoms with E-state index in [4.69, 9.17) is 9.40 Å². The molecule has 7 aromatic carbocycles. The van der Waals surface area contributed by atoms with Gasteiger partial charge in [0.15, 0.2) is 7.14 Å². The molecule has 5 heteroatoms. The summed E-state index contributed by atoms with van der Waals surface area (Å²) < 4.78 is 24.0. The fraction of sp³-hybridized carbons (Fsp3) is 0. The lowest BCUT2D eigenvalue weighted by Gasteiger charge is -2.20. The molecule has 0 spiro atoms. The van der Waals surface area contributed by atoms with Crippen molar-refractivity contribution in [1.82, 2.24) is 4.98 Å². The smallest absolute Gasteiger partial charge is 0.171 e. The van der Waals surface area contributed by atoms with E-state index >= 15 is 4.57 Å². The molecule has 0 aliphatic heterocycles. The van der Waals surface area contributed by atoms with Gasteiger partial charge in [-0.1, -0.05) is 158 Å². The summed E-state index contributed by atoms with van der Waals surface area (Å²) in [5.74, 6) is 0. The molecule has 0 bridgehead atoms. The van der Waals surface area contributed by atoms with Gasteiger partial charge in [-0.15, -0.1) is 11.3 Å². The third-order valence-corrected chi connectivity index (χ3v) is 14.0. The summed E-state index contributed by atoms with van der Waals surface area (Å²) >= 11 is 1.77. The molecule has 0 aliphatic rings. The van der Waals surface area contributed by atoms with Gasteiger partial charge in [0.1, 0.15) is 11.2 Å². The van der Waals surface area contributed by atoms with Gasteiger partial charge in [-0.2, -0.15) is 0 Å². The normalized spacial score (nSPS) is 12.1. The van der Waals surface area contributed by atoms with Gasteiger partial charge in [0, 0.05) is 64.2 Å². The van der Waals surface area contributed by atoms with E-state index < -0.39 is 7.14 Å². The lowest BCUT2D eigenvalue weighted by atomic mass is 9.96. The van der Waals surface area contributed by atoms with E-state index in [1.807, 2.05) is 84.9 Å². The van der Waals surface area contributed by atoms with E-state index in [1.165, 1.54) is 15.5 Å². The zero-order valence-electron chi connectivity index (χ0n) is 26.8. The van der Waals surface area contributed by atoms with Crippen LogP contribution in [0, 0.1) is 0 Å². The second-order valence-corrected chi connectivity index (χ2v) is 16.4. The molecule has 0 saturated carbocycles. The molecule has 50 heavy (non-hydrogen) atoms. The Hall–Kier alpha value is -5.80. The molecular weight excluding hydrogens is 650 g/mol. The van der Waals surface area contributed by atoms with Gasteiger partial charge in [0.2, 0.25) is 0 Å². The summed E-state index contributed by atoms with van der Waals surface area (Å²) in [6.07, 6.45) is 0. The Morgan fingerprint density at radius 3 is 1.82 bits per heavy atom. The number of hydrogen-bond acceptors (Lipinski definition) is 4. The van der Waals surface area contributed by atoms with Crippen molar-refractivity contribution in [3.8, 4) is 22.4 Å². The molecule has 3 heterocycles. The SMILES string of the molecule is O=P(c1ccccc1)(c1ccccc1)c1ccc(-c2nc3c(-c4cccc5c4oc4ccccc45)cccc3c3c2sc2ccccc23)cc1. The number of furan rings is 1. The highest BCUT2D eigenvalue weighted by Gasteiger charge is 2.30. The van der Waals surface area contributed by atoms with Gasteiger partial charge in [0.25, 0.3) is 0 Å². The minimum Gasteiger partial charge on any atom is -0.455 e. The summed E-state index contributed by atoms with van der Waals surface area (Å²) in [5, 5.41) is 8.16. The predicted octanol–water partition coefficient (Wildman–Crippen LogP) is 11.5. The van der Waals surface area contributed by atoms with Crippen LogP contribution in [0.5, 0.6) is 0 Å². The van der Waals surface area contributed by atoms with Crippen LogP contribution in [0.4, 0.5) is 0 Å². The highest BCUT2D eigenvalue weighted by atomic mass is 32.1. The maximum absolute atomic E-state index is 15.1. The maximum atomic E-state index is 15.1. The van der Waals surface area contributed by atoms with Gasteiger partial charge in [-0.25, -0.2) is 4.98 Å². The summed E-state index contributed by atoms with van der Waals surface area (Å²) in [6, 6.07) is 57.5. The van der Waals surface area contributed by atoms with Crippen LogP contribution in [0.15, 0.2) is 174 Å². The summed E-state index contributed by atoms with van der Waals surface area (Å²) in [6.45, 7) is 0. The van der Waals surface area contributed by atoms with E-state index in [0.29, 0.717) is 0 Å². The molecule has 0 amide bonds. The zero-order valence-corrected chi connectivity index (χ0v) is 28.5. The van der Waals surface area contributed by atoms with E-state index in [2.05, 4.69) is 84.9 Å². The first-order valence-corrected chi connectivity index (χ1v) is 19.2. The average molecular weight is 678 g/mol. The van der Waals surface area contributed by atoms with Crippen molar-refractivity contribution in [3.63, 3.8) is 0 Å². The molecule has 0 aliphatic carbocycles. The minimum absolute atomic E-state index is 0.796. The van der Waals surface area contributed by atoms with Crippen molar-refractivity contribution >= 4 is 87.4 Å². The molecule has 0 fully saturated rings. The number of aromatic nitrogens is 1. The fourth-order valence-corrected chi connectivity index (χ4v) is 11.3. The highest BCUT2D eigenvalue weighted by molar-refractivity contribution is 7.85. The summed E-state index contributed by atoms with van der Waals surface area (Å²) in [7, 11) is -3.11. The van der Waals surface area contributed by atoms with Crippen LogP contribution < -0.4 is 15.9 Å². The summed E-state index contributed by atoms with van der Waals surface area (Å²) in [5.41, 5.74) is 6.61. The third kappa shape index (κ3) is 4.36. The number of fused-ring (bicyclic) bond motifs is 8. The number of pyridine rings is 1. The van der Waals surface area contributed by atoms with Crippen LogP contribution in [0.2, 0.25) is 0 Å². The average Bonchev–Trinajstić information content (AvgIpc) is 3.77. The minimum atomic E-state index is -3.11. The standard InChI is InChI=1S/C45H28NO2PS/c47-49(30-13-3-1-4-14-30,31-15-5-2-6-16-31)32-27-25-29(26-28-32)42-45-41(37-18-8-10-24-40(37)50-45)38-22-11-19-34(43(38)46-42)36-21-12-20-35-33-17-7-9-23-39(33)48-44(35)36/h1-28H. The van der Waals surface area contributed by atoms with Gasteiger partial charge in [-0.3, -0.25) is 0 Å². The number of thiophene rings is 1. The largest absolute Gasteiger partial charge is 0.455 e. The number of nitrogens with zero attached hydrogens (tertiary/aromatic N) is 1. The molecule has 0 N–H and O–H groups in total. The zero-order chi connectivity index (χ0) is 33.2. The van der Waals surface area contributed by atoms with Crippen LogP contribution in [-0.2, 0) is 4.57 Å². The first-order valence-electron chi connectivity index (χ1n) is 16.7. The van der Waals surface area contributed by atoms with Crippen LogP contribution in [0.25, 0.3) is 75.4 Å². The second-order valence-electron chi connectivity index (χ2n) is 12.6.